The van der Waals surface area contributed by atoms with Gasteiger partial charge in [-0.25, -0.2) is 14.4 Å². The molecule has 1 atom stereocenters. The molecule has 2 N–H and O–H groups in total. The van der Waals surface area contributed by atoms with Crippen molar-refractivity contribution in [1.82, 2.24) is 9.97 Å². The standard InChI is InChI=1S/C16H18FN3/c1-10-14-7-11(9-18)5-6-15(14)20-16(19-10)12-3-2-4-13(17)8-12/h2-4,8,11H,5-7,9,18H2,1H3. The van der Waals surface area contributed by atoms with E-state index in [1.165, 1.54) is 17.7 Å². The number of nitrogens with zero attached hydrogens (tertiary/aromatic N) is 2. The molecule has 3 nitrogen and oxygen atoms in total. The number of rotatable bonds is 2. The van der Waals surface area contributed by atoms with Crippen LogP contribution in [0.15, 0.2) is 24.3 Å². The topological polar surface area (TPSA) is 51.8 Å². The van der Waals surface area contributed by atoms with Gasteiger partial charge in [-0.1, -0.05) is 12.1 Å². The van der Waals surface area contributed by atoms with E-state index in [0.717, 1.165) is 36.2 Å². The van der Waals surface area contributed by atoms with Crippen molar-refractivity contribution in [3.8, 4) is 11.4 Å². The van der Waals surface area contributed by atoms with E-state index in [2.05, 4.69) is 9.97 Å². The monoisotopic (exact) mass is 271 g/mol. The molecular formula is C16H18FN3. The molecule has 104 valence electrons. The second-order valence-corrected chi connectivity index (χ2v) is 5.41. The molecule has 20 heavy (non-hydrogen) atoms. The molecule has 1 aromatic carbocycles. The number of fused-ring (bicyclic) bond motifs is 1. The minimum atomic E-state index is -0.260. The highest BCUT2D eigenvalue weighted by molar-refractivity contribution is 5.56. The predicted octanol–water partition coefficient (Wildman–Crippen LogP) is 2.65. The Morgan fingerprint density at radius 2 is 2.20 bits per heavy atom. The molecule has 1 aromatic heterocycles. The quantitative estimate of drug-likeness (QED) is 0.913. The molecule has 2 aromatic rings. The van der Waals surface area contributed by atoms with E-state index in [0.29, 0.717) is 18.3 Å². The lowest BCUT2D eigenvalue weighted by Crippen LogP contribution is -2.24. The summed E-state index contributed by atoms with van der Waals surface area (Å²) in [5, 5.41) is 0. The van der Waals surface area contributed by atoms with Gasteiger partial charge in [0.2, 0.25) is 0 Å². The zero-order valence-electron chi connectivity index (χ0n) is 11.6. The third kappa shape index (κ3) is 2.43. The fourth-order valence-corrected chi connectivity index (χ4v) is 2.82. The molecule has 0 bridgehead atoms. The van der Waals surface area contributed by atoms with Crippen molar-refractivity contribution in [1.29, 1.82) is 0 Å². The maximum atomic E-state index is 13.3. The Bertz CT molecular complexity index is 640. The Morgan fingerprint density at radius 1 is 1.35 bits per heavy atom. The van der Waals surface area contributed by atoms with Crippen LogP contribution in [0.2, 0.25) is 0 Å². The Kier molecular flexibility index (Phi) is 3.49. The SMILES string of the molecule is Cc1nc(-c2cccc(F)c2)nc2c1CC(CN)CC2. The molecule has 0 aliphatic heterocycles. The van der Waals surface area contributed by atoms with Gasteiger partial charge in [-0.05, 0) is 56.3 Å². The van der Waals surface area contributed by atoms with Crippen LogP contribution < -0.4 is 5.73 Å². The summed E-state index contributed by atoms with van der Waals surface area (Å²) < 4.78 is 13.3. The Labute approximate surface area is 118 Å². The molecule has 3 rings (SSSR count). The highest BCUT2D eigenvalue weighted by Crippen LogP contribution is 2.28. The lowest BCUT2D eigenvalue weighted by atomic mass is 9.86. The van der Waals surface area contributed by atoms with E-state index in [4.69, 9.17) is 5.73 Å². The zero-order chi connectivity index (χ0) is 14.1. The van der Waals surface area contributed by atoms with Crippen molar-refractivity contribution in [3.05, 3.63) is 47.0 Å². The van der Waals surface area contributed by atoms with Crippen LogP contribution in [-0.4, -0.2) is 16.5 Å². The van der Waals surface area contributed by atoms with Gasteiger partial charge in [0.15, 0.2) is 5.82 Å². The van der Waals surface area contributed by atoms with Crippen molar-refractivity contribution >= 4 is 0 Å². The number of halogens is 1. The van der Waals surface area contributed by atoms with Crippen LogP contribution >= 0.6 is 0 Å². The van der Waals surface area contributed by atoms with Crippen LogP contribution in [0.25, 0.3) is 11.4 Å². The van der Waals surface area contributed by atoms with Gasteiger partial charge >= 0.3 is 0 Å². The number of hydrogen-bond acceptors (Lipinski definition) is 3. The summed E-state index contributed by atoms with van der Waals surface area (Å²) in [6.45, 7) is 2.72. The van der Waals surface area contributed by atoms with Gasteiger partial charge in [0.25, 0.3) is 0 Å². The largest absolute Gasteiger partial charge is 0.330 e. The van der Waals surface area contributed by atoms with E-state index in [9.17, 15) is 4.39 Å². The molecule has 0 saturated heterocycles. The van der Waals surface area contributed by atoms with E-state index in [1.807, 2.05) is 13.0 Å². The summed E-state index contributed by atoms with van der Waals surface area (Å²) in [7, 11) is 0. The summed E-state index contributed by atoms with van der Waals surface area (Å²) in [6.07, 6.45) is 2.96. The fourth-order valence-electron chi connectivity index (χ4n) is 2.82. The molecule has 0 radical (unpaired) electrons. The van der Waals surface area contributed by atoms with Gasteiger partial charge in [-0.3, -0.25) is 0 Å². The van der Waals surface area contributed by atoms with Crippen LogP contribution in [-0.2, 0) is 12.8 Å². The maximum Gasteiger partial charge on any atom is 0.159 e. The molecule has 4 heteroatoms. The zero-order valence-corrected chi connectivity index (χ0v) is 11.6. The minimum Gasteiger partial charge on any atom is -0.330 e. The lowest BCUT2D eigenvalue weighted by molar-refractivity contribution is 0.460. The summed E-state index contributed by atoms with van der Waals surface area (Å²) in [5.41, 5.74) is 9.82. The third-order valence-corrected chi connectivity index (χ3v) is 4.00. The predicted molar refractivity (Wildman–Crippen MR) is 76.7 cm³/mol. The average Bonchev–Trinajstić information content (AvgIpc) is 2.47. The molecule has 0 saturated carbocycles. The number of aromatic nitrogens is 2. The number of hydrogen-bond donors (Lipinski definition) is 1. The Balaban J connectivity index is 2.02. The molecule has 1 heterocycles. The smallest absolute Gasteiger partial charge is 0.159 e. The van der Waals surface area contributed by atoms with Gasteiger partial charge in [-0.2, -0.15) is 0 Å². The molecule has 1 aliphatic rings. The molecule has 0 amide bonds. The van der Waals surface area contributed by atoms with Gasteiger partial charge in [0.1, 0.15) is 5.82 Å². The number of aryl methyl sites for hydroxylation is 2. The Hall–Kier alpha value is -1.81. The minimum absolute atomic E-state index is 0.260. The Morgan fingerprint density at radius 3 is 2.95 bits per heavy atom. The average molecular weight is 271 g/mol. The van der Waals surface area contributed by atoms with Crippen molar-refractivity contribution in [2.75, 3.05) is 6.54 Å². The van der Waals surface area contributed by atoms with Crippen molar-refractivity contribution in [2.24, 2.45) is 11.7 Å². The first-order valence-corrected chi connectivity index (χ1v) is 6.99. The van der Waals surface area contributed by atoms with Crippen LogP contribution in [0.1, 0.15) is 23.4 Å². The first-order chi connectivity index (χ1) is 9.67. The van der Waals surface area contributed by atoms with Gasteiger partial charge in [-0.15, -0.1) is 0 Å². The van der Waals surface area contributed by atoms with E-state index in [-0.39, 0.29) is 5.82 Å². The molecule has 1 unspecified atom stereocenters. The molecule has 0 fully saturated rings. The fraction of sp³-hybridized carbons (Fsp3) is 0.375. The first kappa shape index (κ1) is 13.2. The highest BCUT2D eigenvalue weighted by Gasteiger charge is 2.22. The number of benzene rings is 1. The lowest BCUT2D eigenvalue weighted by Gasteiger charge is -2.24. The molecule has 1 aliphatic carbocycles. The second kappa shape index (κ2) is 5.29. The van der Waals surface area contributed by atoms with Crippen LogP contribution in [0.5, 0.6) is 0 Å². The number of nitrogens with two attached hydrogens (primary N) is 1. The molecule has 0 spiro atoms. The van der Waals surface area contributed by atoms with Crippen LogP contribution in [0, 0.1) is 18.7 Å². The van der Waals surface area contributed by atoms with E-state index in [1.54, 1.807) is 6.07 Å². The first-order valence-electron chi connectivity index (χ1n) is 6.99. The normalized spacial score (nSPS) is 17.9. The maximum absolute atomic E-state index is 13.3. The summed E-state index contributed by atoms with van der Waals surface area (Å²) in [6, 6.07) is 6.44. The van der Waals surface area contributed by atoms with Gasteiger partial charge in [0.05, 0.1) is 0 Å². The summed E-state index contributed by atoms with van der Waals surface area (Å²) in [5.74, 6) is 0.890. The van der Waals surface area contributed by atoms with E-state index < -0.39 is 0 Å². The van der Waals surface area contributed by atoms with Crippen LogP contribution in [0.3, 0.4) is 0 Å². The summed E-state index contributed by atoms with van der Waals surface area (Å²) >= 11 is 0. The van der Waals surface area contributed by atoms with Crippen molar-refractivity contribution in [3.63, 3.8) is 0 Å². The van der Waals surface area contributed by atoms with Gasteiger partial charge in [0, 0.05) is 17.0 Å². The van der Waals surface area contributed by atoms with E-state index >= 15 is 0 Å². The van der Waals surface area contributed by atoms with Gasteiger partial charge < -0.3 is 5.73 Å². The van der Waals surface area contributed by atoms with Crippen molar-refractivity contribution < 1.29 is 4.39 Å². The van der Waals surface area contributed by atoms with Crippen molar-refractivity contribution in [2.45, 2.75) is 26.2 Å². The second-order valence-electron chi connectivity index (χ2n) is 5.41. The summed E-state index contributed by atoms with van der Waals surface area (Å²) in [4.78, 5) is 9.18. The highest BCUT2D eigenvalue weighted by atomic mass is 19.1. The van der Waals surface area contributed by atoms with Crippen LogP contribution in [0.4, 0.5) is 4.39 Å². The molecular weight excluding hydrogens is 253 g/mol. The third-order valence-electron chi connectivity index (χ3n) is 4.00.